The standard InChI is InChI=1S/C9H12FNO3S/c1-3-11-15(12,13)9-6-7(10)4-5-8(9)14-2/h4-6,11H,3H2,1-2H3. The molecule has 4 nitrogen and oxygen atoms in total. The van der Waals surface area contributed by atoms with Crippen LogP contribution in [-0.4, -0.2) is 22.1 Å². The number of rotatable bonds is 4. The highest BCUT2D eigenvalue weighted by Gasteiger charge is 2.18. The number of halogens is 1. The van der Waals surface area contributed by atoms with Gasteiger partial charge in [-0.3, -0.25) is 0 Å². The Morgan fingerprint density at radius 2 is 2.13 bits per heavy atom. The van der Waals surface area contributed by atoms with Gasteiger partial charge in [0.25, 0.3) is 0 Å². The highest BCUT2D eigenvalue weighted by molar-refractivity contribution is 7.89. The maximum Gasteiger partial charge on any atom is 0.244 e. The minimum Gasteiger partial charge on any atom is -0.495 e. The van der Waals surface area contributed by atoms with E-state index >= 15 is 0 Å². The van der Waals surface area contributed by atoms with Crippen LogP contribution < -0.4 is 9.46 Å². The average molecular weight is 233 g/mol. The van der Waals surface area contributed by atoms with Gasteiger partial charge in [0.15, 0.2) is 0 Å². The van der Waals surface area contributed by atoms with Gasteiger partial charge in [-0.1, -0.05) is 6.92 Å². The van der Waals surface area contributed by atoms with E-state index in [0.29, 0.717) is 0 Å². The molecule has 0 bridgehead atoms. The summed E-state index contributed by atoms with van der Waals surface area (Å²) < 4.78 is 43.2. The summed E-state index contributed by atoms with van der Waals surface area (Å²) in [5.74, 6) is -0.496. The first-order chi connectivity index (χ1) is 7.01. The van der Waals surface area contributed by atoms with E-state index in [1.807, 2.05) is 0 Å². The smallest absolute Gasteiger partial charge is 0.244 e. The minimum atomic E-state index is -3.69. The van der Waals surface area contributed by atoms with Gasteiger partial charge < -0.3 is 4.74 Å². The first-order valence-electron chi connectivity index (χ1n) is 4.34. The van der Waals surface area contributed by atoms with Gasteiger partial charge in [-0.25, -0.2) is 17.5 Å². The lowest BCUT2D eigenvalue weighted by Gasteiger charge is -2.09. The van der Waals surface area contributed by atoms with Crippen LogP contribution in [-0.2, 0) is 10.0 Å². The fourth-order valence-electron chi connectivity index (χ4n) is 1.13. The molecule has 0 radical (unpaired) electrons. The predicted molar refractivity (Wildman–Crippen MR) is 53.8 cm³/mol. The zero-order valence-corrected chi connectivity index (χ0v) is 9.27. The molecule has 0 spiro atoms. The first-order valence-corrected chi connectivity index (χ1v) is 5.82. The lowest BCUT2D eigenvalue weighted by atomic mass is 10.3. The number of sulfonamides is 1. The molecule has 0 aromatic heterocycles. The van der Waals surface area contributed by atoms with Crippen LogP contribution >= 0.6 is 0 Å². The Morgan fingerprint density at radius 1 is 1.47 bits per heavy atom. The normalized spacial score (nSPS) is 11.4. The third kappa shape index (κ3) is 2.66. The van der Waals surface area contributed by atoms with Gasteiger partial charge in [0.2, 0.25) is 10.0 Å². The third-order valence-corrected chi connectivity index (χ3v) is 3.32. The number of hydrogen-bond donors (Lipinski definition) is 1. The molecule has 0 aliphatic heterocycles. The SMILES string of the molecule is CCNS(=O)(=O)c1cc(F)ccc1OC. The number of benzene rings is 1. The molecule has 1 N–H and O–H groups in total. The summed E-state index contributed by atoms with van der Waals surface area (Å²) in [6.07, 6.45) is 0. The lowest BCUT2D eigenvalue weighted by molar-refractivity contribution is 0.400. The Kier molecular flexibility index (Phi) is 3.65. The molecule has 0 atom stereocenters. The van der Waals surface area contributed by atoms with Gasteiger partial charge in [0.1, 0.15) is 16.5 Å². The molecule has 0 saturated carbocycles. The fourth-order valence-corrected chi connectivity index (χ4v) is 2.35. The average Bonchev–Trinajstić information content (AvgIpc) is 2.17. The van der Waals surface area contributed by atoms with Crippen molar-refractivity contribution in [1.82, 2.24) is 4.72 Å². The monoisotopic (exact) mass is 233 g/mol. The number of nitrogens with one attached hydrogen (secondary N) is 1. The van der Waals surface area contributed by atoms with Gasteiger partial charge >= 0.3 is 0 Å². The van der Waals surface area contributed by atoms with Gasteiger partial charge in [-0.15, -0.1) is 0 Å². The zero-order chi connectivity index (χ0) is 11.5. The Balaban J connectivity index is 3.28. The second-order valence-corrected chi connectivity index (χ2v) is 4.53. The summed E-state index contributed by atoms with van der Waals surface area (Å²) in [7, 11) is -2.36. The van der Waals surface area contributed by atoms with Crippen molar-refractivity contribution in [1.29, 1.82) is 0 Å². The quantitative estimate of drug-likeness (QED) is 0.848. The maximum atomic E-state index is 12.9. The molecular weight excluding hydrogens is 221 g/mol. The van der Waals surface area contributed by atoms with Crippen LogP contribution in [0.5, 0.6) is 5.75 Å². The first kappa shape index (κ1) is 11.9. The van der Waals surface area contributed by atoms with Crippen molar-refractivity contribution in [3.63, 3.8) is 0 Å². The zero-order valence-electron chi connectivity index (χ0n) is 8.45. The van der Waals surface area contributed by atoms with Crippen molar-refractivity contribution >= 4 is 10.0 Å². The molecule has 6 heteroatoms. The van der Waals surface area contributed by atoms with Crippen molar-refractivity contribution in [2.45, 2.75) is 11.8 Å². The molecule has 0 aliphatic rings. The summed E-state index contributed by atoms with van der Waals surface area (Å²) in [5, 5.41) is 0. The Labute approximate surface area is 88.1 Å². The van der Waals surface area contributed by atoms with Crippen LogP contribution in [0.3, 0.4) is 0 Å². The molecule has 15 heavy (non-hydrogen) atoms. The highest BCUT2D eigenvalue weighted by atomic mass is 32.2. The summed E-state index contributed by atoms with van der Waals surface area (Å²) >= 11 is 0. The number of methoxy groups -OCH3 is 1. The summed E-state index contributed by atoms with van der Waals surface area (Å²) in [6.45, 7) is 1.88. The number of hydrogen-bond acceptors (Lipinski definition) is 3. The minimum absolute atomic E-state index is 0.123. The highest BCUT2D eigenvalue weighted by Crippen LogP contribution is 2.23. The van der Waals surface area contributed by atoms with Crippen LogP contribution in [0.4, 0.5) is 4.39 Å². The van der Waals surface area contributed by atoms with Gasteiger partial charge in [-0.2, -0.15) is 0 Å². The molecule has 0 unspecified atom stereocenters. The van der Waals surface area contributed by atoms with Crippen LogP contribution in [0, 0.1) is 5.82 Å². The van der Waals surface area contributed by atoms with Crippen LogP contribution in [0.1, 0.15) is 6.92 Å². The molecule has 0 heterocycles. The Morgan fingerprint density at radius 3 is 2.67 bits per heavy atom. The molecule has 0 fully saturated rings. The van der Waals surface area contributed by atoms with Gasteiger partial charge in [0.05, 0.1) is 7.11 Å². The van der Waals surface area contributed by atoms with E-state index < -0.39 is 15.8 Å². The molecule has 1 aromatic carbocycles. The van der Waals surface area contributed by atoms with E-state index in [-0.39, 0.29) is 17.2 Å². The molecule has 0 amide bonds. The lowest BCUT2D eigenvalue weighted by Crippen LogP contribution is -2.23. The van der Waals surface area contributed by atoms with Crippen LogP contribution in [0.2, 0.25) is 0 Å². The van der Waals surface area contributed by atoms with Crippen LogP contribution in [0.15, 0.2) is 23.1 Å². The predicted octanol–water partition coefficient (Wildman–Crippen LogP) is 1.13. The third-order valence-electron chi connectivity index (χ3n) is 1.75. The van der Waals surface area contributed by atoms with Crippen molar-refractivity contribution in [2.24, 2.45) is 0 Å². The van der Waals surface area contributed by atoms with Crippen molar-refractivity contribution in [3.8, 4) is 5.75 Å². The van der Waals surface area contributed by atoms with Gasteiger partial charge in [0, 0.05) is 6.54 Å². The van der Waals surface area contributed by atoms with E-state index in [4.69, 9.17) is 4.74 Å². The van der Waals surface area contributed by atoms with Crippen LogP contribution in [0.25, 0.3) is 0 Å². The molecule has 0 saturated heterocycles. The van der Waals surface area contributed by atoms with E-state index in [1.54, 1.807) is 6.92 Å². The topological polar surface area (TPSA) is 55.4 Å². The molecule has 1 rings (SSSR count). The number of ether oxygens (including phenoxy) is 1. The second-order valence-electron chi connectivity index (χ2n) is 2.80. The summed E-state index contributed by atoms with van der Waals surface area (Å²) in [6, 6.07) is 3.35. The fraction of sp³-hybridized carbons (Fsp3) is 0.333. The maximum absolute atomic E-state index is 12.9. The molecule has 84 valence electrons. The van der Waals surface area contributed by atoms with Crippen molar-refractivity contribution in [3.05, 3.63) is 24.0 Å². The summed E-state index contributed by atoms with van der Waals surface area (Å²) in [4.78, 5) is -0.188. The van der Waals surface area contributed by atoms with E-state index in [9.17, 15) is 12.8 Å². The largest absolute Gasteiger partial charge is 0.495 e. The van der Waals surface area contributed by atoms with E-state index in [2.05, 4.69) is 4.72 Å². The van der Waals surface area contributed by atoms with Crippen molar-refractivity contribution < 1.29 is 17.5 Å². The Bertz CT molecular complexity index is 445. The van der Waals surface area contributed by atoms with E-state index in [1.165, 1.54) is 13.2 Å². The molecule has 1 aromatic rings. The second kappa shape index (κ2) is 4.59. The van der Waals surface area contributed by atoms with E-state index in [0.717, 1.165) is 12.1 Å². The molecular formula is C9H12FNO3S. The summed E-state index contributed by atoms with van der Waals surface area (Å²) in [5.41, 5.74) is 0. The molecule has 0 aliphatic carbocycles. The Hall–Kier alpha value is -1.14. The van der Waals surface area contributed by atoms with Crippen molar-refractivity contribution in [2.75, 3.05) is 13.7 Å². The van der Waals surface area contributed by atoms with Gasteiger partial charge in [-0.05, 0) is 18.2 Å².